The van der Waals surface area contributed by atoms with Crippen LogP contribution in [-0.4, -0.2) is 103 Å². The molecule has 0 saturated carbocycles. The van der Waals surface area contributed by atoms with E-state index in [1.54, 1.807) is 24.1 Å². The Morgan fingerprint density at radius 2 is 1.74 bits per heavy atom. The first kappa shape index (κ1) is 25.2. The van der Waals surface area contributed by atoms with Crippen molar-refractivity contribution < 1.29 is 27.5 Å². The summed E-state index contributed by atoms with van der Waals surface area (Å²) in [7, 11) is -0.603. The molecule has 1 saturated heterocycles. The predicted molar refractivity (Wildman–Crippen MR) is 115 cm³/mol. The molecular formula is C20H32N4O6S. The minimum Gasteiger partial charge on any atom is -0.385 e. The lowest BCUT2D eigenvalue weighted by Gasteiger charge is -2.34. The minimum atomic E-state index is -3.71. The van der Waals surface area contributed by atoms with Crippen molar-refractivity contribution in [3.8, 4) is 0 Å². The molecule has 0 aliphatic carbocycles. The second-order valence-electron chi connectivity index (χ2n) is 7.18. The first-order chi connectivity index (χ1) is 14.9. The summed E-state index contributed by atoms with van der Waals surface area (Å²) < 4.78 is 37.0. The van der Waals surface area contributed by atoms with Gasteiger partial charge in [-0.05, 0) is 24.6 Å². The Balaban J connectivity index is 1.86. The fourth-order valence-corrected chi connectivity index (χ4v) is 4.21. The number of rotatable bonds is 12. The normalized spacial score (nSPS) is 15.1. The molecule has 2 amide bonds. The number of nitrogens with zero attached hydrogens (tertiary/aromatic N) is 2. The standard InChI is InChI=1S/C20H32N4O6S/c1-29-13-4-7-21-19(25)16-23-9-11-24(12-10-23)20(26)17-5-3-6-18(15-17)31(27,28)22-8-14-30-2/h3,5-6,15,22H,4,7-14,16H2,1-2H3,(H,21,25). The molecule has 1 aliphatic rings. The highest BCUT2D eigenvalue weighted by Crippen LogP contribution is 2.14. The van der Waals surface area contributed by atoms with Gasteiger partial charge >= 0.3 is 0 Å². The number of carbonyl (C=O) groups excluding carboxylic acids is 2. The topological polar surface area (TPSA) is 117 Å². The molecule has 11 heteroatoms. The second-order valence-corrected chi connectivity index (χ2v) is 8.95. The van der Waals surface area contributed by atoms with Gasteiger partial charge in [0.25, 0.3) is 5.91 Å². The highest BCUT2D eigenvalue weighted by molar-refractivity contribution is 7.89. The van der Waals surface area contributed by atoms with Gasteiger partial charge in [0.15, 0.2) is 0 Å². The van der Waals surface area contributed by atoms with Gasteiger partial charge in [0, 0.05) is 65.7 Å². The molecular weight excluding hydrogens is 424 g/mol. The molecule has 1 heterocycles. The summed E-state index contributed by atoms with van der Waals surface area (Å²) >= 11 is 0. The van der Waals surface area contributed by atoms with E-state index < -0.39 is 10.0 Å². The molecule has 1 fully saturated rings. The molecule has 10 nitrogen and oxygen atoms in total. The number of amides is 2. The second kappa shape index (κ2) is 12.7. The first-order valence-corrected chi connectivity index (χ1v) is 11.7. The summed E-state index contributed by atoms with van der Waals surface area (Å²) in [6.07, 6.45) is 0.765. The smallest absolute Gasteiger partial charge is 0.253 e. The van der Waals surface area contributed by atoms with E-state index in [9.17, 15) is 18.0 Å². The number of sulfonamides is 1. The molecule has 0 bridgehead atoms. The summed E-state index contributed by atoms with van der Waals surface area (Å²) in [6, 6.07) is 6.00. The van der Waals surface area contributed by atoms with Crippen LogP contribution in [0, 0.1) is 0 Å². The van der Waals surface area contributed by atoms with Crippen LogP contribution >= 0.6 is 0 Å². The van der Waals surface area contributed by atoms with Crippen LogP contribution in [0.2, 0.25) is 0 Å². The third-order valence-electron chi connectivity index (χ3n) is 4.86. The van der Waals surface area contributed by atoms with E-state index >= 15 is 0 Å². The van der Waals surface area contributed by atoms with E-state index in [1.807, 2.05) is 4.90 Å². The molecule has 0 spiro atoms. The van der Waals surface area contributed by atoms with Crippen LogP contribution in [0.5, 0.6) is 0 Å². The Morgan fingerprint density at radius 3 is 2.42 bits per heavy atom. The maximum absolute atomic E-state index is 12.9. The van der Waals surface area contributed by atoms with Crippen molar-refractivity contribution in [2.75, 3.05) is 73.2 Å². The number of ether oxygens (including phenoxy) is 2. The molecule has 0 aromatic heterocycles. The van der Waals surface area contributed by atoms with Gasteiger partial charge in [0.1, 0.15) is 0 Å². The number of hydrogen-bond donors (Lipinski definition) is 2. The minimum absolute atomic E-state index is 0.0400. The Labute approximate surface area is 183 Å². The molecule has 1 aliphatic heterocycles. The zero-order chi connectivity index (χ0) is 22.7. The summed E-state index contributed by atoms with van der Waals surface area (Å²) in [5.74, 6) is -0.271. The average molecular weight is 457 g/mol. The number of nitrogens with one attached hydrogen (secondary N) is 2. The maximum atomic E-state index is 12.9. The van der Waals surface area contributed by atoms with Crippen LogP contribution < -0.4 is 10.0 Å². The zero-order valence-corrected chi connectivity index (χ0v) is 18.9. The van der Waals surface area contributed by atoms with E-state index in [4.69, 9.17) is 9.47 Å². The summed E-state index contributed by atoms with van der Waals surface area (Å²) in [5, 5.41) is 2.85. The largest absolute Gasteiger partial charge is 0.385 e. The fraction of sp³-hybridized carbons (Fsp3) is 0.600. The lowest BCUT2D eigenvalue weighted by Crippen LogP contribution is -2.51. The van der Waals surface area contributed by atoms with Crippen molar-refractivity contribution in [1.29, 1.82) is 0 Å². The fourth-order valence-electron chi connectivity index (χ4n) is 3.15. The Morgan fingerprint density at radius 1 is 1.03 bits per heavy atom. The summed E-state index contributed by atoms with van der Waals surface area (Å²) in [4.78, 5) is 28.6. The SMILES string of the molecule is COCCCNC(=O)CN1CCN(C(=O)c2cccc(S(=O)(=O)NCCOC)c2)CC1. The summed E-state index contributed by atoms with van der Waals surface area (Å²) in [6.45, 7) is 3.97. The molecule has 2 N–H and O–H groups in total. The van der Waals surface area contributed by atoms with Crippen molar-refractivity contribution in [2.45, 2.75) is 11.3 Å². The maximum Gasteiger partial charge on any atom is 0.253 e. The van der Waals surface area contributed by atoms with Crippen molar-refractivity contribution in [1.82, 2.24) is 19.8 Å². The van der Waals surface area contributed by atoms with Crippen LogP contribution in [0.15, 0.2) is 29.2 Å². The van der Waals surface area contributed by atoms with E-state index in [1.165, 1.54) is 19.2 Å². The van der Waals surface area contributed by atoms with Gasteiger partial charge < -0.3 is 19.7 Å². The van der Waals surface area contributed by atoms with Gasteiger partial charge in [-0.25, -0.2) is 13.1 Å². The van der Waals surface area contributed by atoms with Crippen LogP contribution in [0.4, 0.5) is 0 Å². The zero-order valence-electron chi connectivity index (χ0n) is 18.1. The van der Waals surface area contributed by atoms with Crippen molar-refractivity contribution >= 4 is 21.8 Å². The number of piperazine rings is 1. The van der Waals surface area contributed by atoms with Crippen LogP contribution in [0.3, 0.4) is 0 Å². The van der Waals surface area contributed by atoms with Gasteiger partial charge in [-0.3, -0.25) is 14.5 Å². The van der Waals surface area contributed by atoms with Gasteiger partial charge in [-0.2, -0.15) is 0 Å². The lowest BCUT2D eigenvalue weighted by atomic mass is 10.2. The molecule has 0 radical (unpaired) electrons. The van der Waals surface area contributed by atoms with Crippen LogP contribution in [-0.2, 0) is 24.3 Å². The monoisotopic (exact) mass is 456 g/mol. The van der Waals surface area contributed by atoms with Crippen LogP contribution in [0.1, 0.15) is 16.8 Å². The predicted octanol–water partition coefficient (Wildman–Crippen LogP) is -0.478. The molecule has 2 rings (SSSR count). The molecule has 174 valence electrons. The molecule has 1 aromatic rings. The molecule has 31 heavy (non-hydrogen) atoms. The van der Waals surface area contributed by atoms with E-state index in [-0.39, 0.29) is 36.4 Å². The number of benzene rings is 1. The highest BCUT2D eigenvalue weighted by atomic mass is 32.2. The Bertz CT molecular complexity index is 825. The Kier molecular flexibility index (Phi) is 10.3. The first-order valence-electron chi connectivity index (χ1n) is 10.2. The third-order valence-corrected chi connectivity index (χ3v) is 6.32. The van der Waals surface area contributed by atoms with E-state index in [2.05, 4.69) is 10.0 Å². The van der Waals surface area contributed by atoms with Gasteiger partial charge in [-0.1, -0.05) is 6.07 Å². The third kappa shape index (κ3) is 8.19. The number of carbonyl (C=O) groups is 2. The molecule has 0 unspecified atom stereocenters. The van der Waals surface area contributed by atoms with Crippen molar-refractivity contribution in [3.63, 3.8) is 0 Å². The lowest BCUT2D eigenvalue weighted by molar-refractivity contribution is -0.122. The van der Waals surface area contributed by atoms with Crippen LogP contribution in [0.25, 0.3) is 0 Å². The summed E-state index contributed by atoms with van der Waals surface area (Å²) in [5.41, 5.74) is 0.318. The van der Waals surface area contributed by atoms with E-state index in [0.717, 1.165) is 6.42 Å². The Hall–Kier alpha value is -2.05. The van der Waals surface area contributed by atoms with E-state index in [0.29, 0.717) is 44.9 Å². The van der Waals surface area contributed by atoms with Gasteiger partial charge in [0.2, 0.25) is 15.9 Å². The van der Waals surface area contributed by atoms with Gasteiger partial charge in [-0.15, -0.1) is 0 Å². The van der Waals surface area contributed by atoms with Gasteiger partial charge in [0.05, 0.1) is 18.0 Å². The molecule has 1 aromatic carbocycles. The number of hydrogen-bond acceptors (Lipinski definition) is 7. The van der Waals surface area contributed by atoms with Crippen molar-refractivity contribution in [3.05, 3.63) is 29.8 Å². The molecule has 0 atom stereocenters. The quantitative estimate of drug-likeness (QED) is 0.408. The number of methoxy groups -OCH3 is 2. The average Bonchev–Trinajstić information content (AvgIpc) is 2.77. The highest BCUT2D eigenvalue weighted by Gasteiger charge is 2.24. The van der Waals surface area contributed by atoms with Crippen molar-refractivity contribution in [2.24, 2.45) is 0 Å².